The van der Waals surface area contributed by atoms with Crippen molar-refractivity contribution in [3.63, 3.8) is 0 Å². The van der Waals surface area contributed by atoms with Gasteiger partial charge in [0.25, 0.3) is 0 Å². The summed E-state index contributed by atoms with van der Waals surface area (Å²) >= 11 is 0. The van der Waals surface area contributed by atoms with Gasteiger partial charge in [0.2, 0.25) is 0 Å². The third-order valence-corrected chi connectivity index (χ3v) is 5.73. The Bertz CT molecular complexity index is 697. The van der Waals surface area contributed by atoms with Gasteiger partial charge >= 0.3 is 5.97 Å². The standard InChI is InChI=1S/C22H32O5/c1-14(2)17-9-12-21(5,26-16(4)23)13-10-18(24)15(3)8-7-11-22(6)20(27-22)19(17)25/h8,20H,7,9-13H2,1-6H3/b15-8+/t20-,21+,22-/m0/s1. The monoisotopic (exact) mass is 376 g/mol. The number of allylic oxidation sites excluding steroid dienone is 3. The Morgan fingerprint density at radius 1 is 1.11 bits per heavy atom. The Labute approximate surface area is 162 Å². The molecule has 0 amide bonds. The van der Waals surface area contributed by atoms with Crippen LogP contribution in [0.3, 0.4) is 0 Å². The lowest BCUT2D eigenvalue weighted by Gasteiger charge is -2.30. The fourth-order valence-electron chi connectivity index (χ4n) is 3.76. The van der Waals surface area contributed by atoms with Gasteiger partial charge in [-0.1, -0.05) is 11.6 Å². The van der Waals surface area contributed by atoms with Crippen LogP contribution in [0.5, 0.6) is 0 Å². The molecule has 1 fully saturated rings. The molecule has 1 aliphatic heterocycles. The highest BCUT2D eigenvalue weighted by atomic mass is 16.6. The van der Waals surface area contributed by atoms with Crippen LogP contribution in [0.15, 0.2) is 22.8 Å². The molecule has 0 unspecified atom stereocenters. The maximum Gasteiger partial charge on any atom is 0.303 e. The zero-order valence-corrected chi connectivity index (χ0v) is 17.4. The molecular weight excluding hydrogens is 344 g/mol. The third kappa shape index (κ3) is 5.38. The zero-order valence-electron chi connectivity index (χ0n) is 17.4. The summed E-state index contributed by atoms with van der Waals surface area (Å²) in [6, 6.07) is 0. The van der Waals surface area contributed by atoms with Gasteiger partial charge in [-0.25, -0.2) is 0 Å². The third-order valence-electron chi connectivity index (χ3n) is 5.73. The number of ether oxygens (including phenoxy) is 2. The molecule has 0 spiro atoms. The highest BCUT2D eigenvalue weighted by molar-refractivity contribution is 6.02. The topological polar surface area (TPSA) is 73.0 Å². The molecule has 2 aliphatic rings. The molecule has 150 valence electrons. The number of hydrogen-bond donors (Lipinski definition) is 0. The number of carbonyl (C=O) groups is 3. The molecule has 3 atom stereocenters. The summed E-state index contributed by atoms with van der Waals surface area (Å²) in [7, 11) is 0. The molecule has 0 radical (unpaired) electrons. The minimum atomic E-state index is -0.777. The van der Waals surface area contributed by atoms with Crippen molar-refractivity contribution in [2.75, 3.05) is 0 Å². The van der Waals surface area contributed by atoms with Crippen molar-refractivity contribution in [3.05, 3.63) is 22.8 Å². The quantitative estimate of drug-likeness (QED) is 0.389. The molecule has 1 aliphatic carbocycles. The van der Waals surface area contributed by atoms with E-state index in [2.05, 4.69) is 0 Å². The first-order valence-electron chi connectivity index (χ1n) is 9.75. The molecule has 0 saturated carbocycles. The number of rotatable bonds is 1. The number of esters is 1. The summed E-state index contributed by atoms with van der Waals surface area (Å²) in [5.41, 5.74) is 1.19. The van der Waals surface area contributed by atoms with Crippen molar-refractivity contribution >= 4 is 17.5 Å². The number of hydrogen-bond acceptors (Lipinski definition) is 5. The van der Waals surface area contributed by atoms with Crippen molar-refractivity contribution in [1.82, 2.24) is 0 Å². The summed E-state index contributed by atoms with van der Waals surface area (Å²) < 4.78 is 11.3. The lowest BCUT2D eigenvalue weighted by atomic mass is 9.85. The molecule has 0 aromatic carbocycles. The van der Waals surface area contributed by atoms with Crippen molar-refractivity contribution in [3.8, 4) is 0 Å². The Morgan fingerprint density at radius 2 is 1.74 bits per heavy atom. The van der Waals surface area contributed by atoms with E-state index in [9.17, 15) is 14.4 Å². The molecule has 1 saturated heterocycles. The van der Waals surface area contributed by atoms with Crippen LogP contribution in [0.2, 0.25) is 0 Å². The molecule has 1 heterocycles. The van der Waals surface area contributed by atoms with E-state index in [1.54, 1.807) is 0 Å². The van der Waals surface area contributed by atoms with Gasteiger partial charge in [-0.3, -0.25) is 14.4 Å². The maximum absolute atomic E-state index is 13.0. The largest absolute Gasteiger partial charge is 0.460 e. The molecule has 5 nitrogen and oxygen atoms in total. The lowest BCUT2D eigenvalue weighted by Crippen LogP contribution is -2.33. The second-order valence-electron chi connectivity index (χ2n) is 8.55. The normalized spacial score (nSPS) is 34.8. The van der Waals surface area contributed by atoms with Crippen LogP contribution in [0.25, 0.3) is 0 Å². The fourth-order valence-corrected chi connectivity index (χ4v) is 3.76. The number of ketones is 2. The van der Waals surface area contributed by atoms with E-state index in [1.165, 1.54) is 6.92 Å². The molecule has 2 rings (SSSR count). The highest BCUT2D eigenvalue weighted by Gasteiger charge is 2.56. The lowest BCUT2D eigenvalue weighted by molar-refractivity contribution is -0.157. The molecule has 0 bridgehead atoms. The predicted molar refractivity (Wildman–Crippen MR) is 103 cm³/mol. The van der Waals surface area contributed by atoms with Gasteiger partial charge in [-0.05, 0) is 77.9 Å². The molecule has 0 aromatic rings. The second-order valence-corrected chi connectivity index (χ2v) is 8.55. The van der Waals surface area contributed by atoms with Gasteiger partial charge in [-0.2, -0.15) is 0 Å². The molecule has 0 N–H and O–H groups in total. The van der Waals surface area contributed by atoms with Crippen molar-refractivity contribution in [2.24, 2.45) is 0 Å². The van der Waals surface area contributed by atoms with E-state index in [4.69, 9.17) is 9.47 Å². The fraction of sp³-hybridized carbons (Fsp3) is 0.682. The molecular formula is C22H32O5. The van der Waals surface area contributed by atoms with Gasteiger partial charge in [0.05, 0.1) is 0 Å². The SMILES string of the molecule is CC(=O)O[C@@]1(C)CCC(=O)/C(C)=C/CC[C@]2(C)O[C@H]2C(=O)C(=C(C)C)CC1. The van der Waals surface area contributed by atoms with Crippen LogP contribution in [0.4, 0.5) is 0 Å². The first-order valence-corrected chi connectivity index (χ1v) is 9.75. The first-order chi connectivity index (χ1) is 12.5. The van der Waals surface area contributed by atoms with Crippen LogP contribution in [0.1, 0.15) is 80.1 Å². The van der Waals surface area contributed by atoms with Crippen LogP contribution >= 0.6 is 0 Å². The van der Waals surface area contributed by atoms with E-state index in [1.807, 2.05) is 40.7 Å². The number of fused-ring (bicyclic) bond motifs is 1. The number of carbonyl (C=O) groups excluding carboxylic acids is 3. The molecule has 0 aromatic heterocycles. The summed E-state index contributed by atoms with van der Waals surface area (Å²) in [6.07, 6.45) is 4.68. The summed E-state index contributed by atoms with van der Waals surface area (Å²) in [5.74, 6) is -0.264. The first kappa shape index (κ1) is 21.5. The average molecular weight is 376 g/mol. The molecule has 27 heavy (non-hydrogen) atoms. The van der Waals surface area contributed by atoms with E-state index in [0.29, 0.717) is 37.7 Å². The van der Waals surface area contributed by atoms with Gasteiger partial charge in [-0.15, -0.1) is 0 Å². The van der Waals surface area contributed by atoms with Gasteiger partial charge in [0.1, 0.15) is 17.3 Å². The minimum Gasteiger partial charge on any atom is -0.460 e. The average Bonchev–Trinajstić information content (AvgIpc) is 3.22. The highest BCUT2D eigenvalue weighted by Crippen LogP contribution is 2.43. The predicted octanol–water partition coefficient (Wildman–Crippen LogP) is 4.24. The Balaban J connectivity index is 2.32. The van der Waals surface area contributed by atoms with Crippen LogP contribution in [-0.4, -0.2) is 34.8 Å². The van der Waals surface area contributed by atoms with Gasteiger partial charge in [0, 0.05) is 13.3 Å². The van der Waals surface area contributed by atoms with Gasteiger partial charge < -0.3 is 9.47 Å². The smallest absolute Gasteiger partial charge is 0.303 e. The van der Waals surface area contributed by atoms with Gasteiger partial charge in [0.15, 0.2) is 11.6 Å². The Morgan fingerprint density at radius 3 is 2.33 bits per heavy atom. The second kappa shape index (κ2) is 8.09. The van der Waals surface area contributed by atoms with E-state index >= 15 is 0 Å². The Kier molecular flexibility index (Phi) is 6.46. The van der Waals surface area contributed by atoms with Crippen LogP contribution < -0.4 is 0 Å². The van der Waals surface area contributed by atoms with Crippen molar-refractivity contribution < 1.29 is 23.9 Å². The van der Waals surface area contributed by atoms with Crippen LogP contribution in [-0.2, 0) is 23.9 Å². The summed E-state index contributed by atoms with van der Waals surface area (Å²) in [4.78, 5) is 37.0. The number of Topliss-reactive ketones (excluding diaryl/α,β-unsaturated/α-hetero) is 2. The van der Waals surface area contributed by atoms with E-state index in [-0.39, 0.29) is 17.5 Å². The Hall–Kier alpha value is -1.75. The molecule has 5 heteroatoms. The van der Waals surface area contributed by atoms with Crippen LogP contribution in [0, 0.1) is 0 Å². The van der Waals surface area contributed by atoms with E-state index in [0.717, 1.165) is 17.6 Å². The minimum absolute atomic E-state index is 0.0384. The zero-order chi connectivity index (χ0) is 20.4. The van der Waals surface area contributed by atoms with E-state index < -0.39 is 17.3 Å². The number of epoxide rings is 1. The summed E-state index contributed by atoms with van der Waals surface area (Å²) in [5, 5.41) is 0. The van der Waals surface area contributed by atoms with Crippen molar-refractivity contribution in [2.45, 2.75) is 97.4 Å². The van der Waals surface area contributed by atoms with Crippen molar-refractivity contribution in [1.29, 1.82) is 0 Å². The maximum atomic E-state index is 13.0. The summed E-state index contributed by atoms with van der Waals surface area (Å²) in [6.45, 7) is 10.8.